The number of hydrogen-bond acceptors (Lipinski definition) is 4. The van der Waals surface area contributed by atoms with Gasteiger partial charge in [-0.15, -0.1) is 0 Å². The molecular formula is C19H19N3O. The van der Waals surface area contributed by atoms with E-state index in [1.165, 1.54) is 11.1 Å². The second kappa shape index (κ2) is 5.89. The van der Waals surface area contributed by atoms with E-state index in [-0.39, 0.29) is 6.10 Å². The van der Waals surface area contributed by atoms with Crippen molar-refractivity contribution >= 4 is 11.5 Å². The van der Waals surface area contributed by atoms with Gasteiger partial charge in [-0.05, 0) is 29.7 Å². The molecule has 23 heavy (non-hydrogen) atoms. The maximum atomic E-state index is 5.74. The lowest BCUT2D eigenvalue weighted by Gasteiger charge is -2.10. The topological polar surface area (TPSA) is 45.7 Å². The van der Waals surface area contributed by atoms with Crippen LogP contribution in [0.1, 0.15) is 28.4 Å². The number of hydrogen-bond donors (Lipinski definition) is 2. The molecule has 0 spiro atoms. The fourth-order valence-electron chi connectivity index (χ4n) is 2.96. The predicted octanol–water partition coefficient (Wildman–Crippen LogP) is 2.96. The molecule has 2 N–H and O–H groups in total. The van der Waals surface area contributed by atoms with E-state index in [9.17, 15) is 0 Å². The van der Waals surface area contributed by atoms with Gasteiger partial charge in [0.15, 0.2) is 0 Å². The molecule has 1 unspecified atom stereocenters. The molecule has 0 saturated carbocycles. The van der Waals surface area contributed by atoms with Gasteiger partial charge >= 0.3 is 0 Å². The Labute approximate surface area is 135 Å². The third-order valence-corrected chi connectivity index (χ3v) is 4.25. The molecule has 2 aromatic carbocycles. The molecule has 4 rings (SSSR count). The second-order valence-electron chi connectivity index (χ2n) is 5.81. The fraction of sp³-hybridized carbons (Fsp3) is 0.211. The fourth-order valence-corrected chi connectivity index (χ4v) is 2.96. The van der Waals surface area contributed by atoms with Crippen molar-refractivity contribution in [2.45, 2.75) is 13.0 Å². The normalized spacial score (nSPS) is 19.8. The van der Waals surface area contributed by atoms with Crippen LogP contribution in [0.4, 0.5) is 0 Å². The van der Waals surface area contributed by atoms with Crippen LogP contribution in [0.15, 0.2) is 59.6 Å². The van der Waals surface area contributed by atoms with Gasteiger partial charge in [-0.2, -0.15) is 0 Å². The van der Waals surface area contributed by atoms with Gasteiger partial charge in [-0.25, -0.2) is 0 Å². The summed E-state index contributed by atoms with van der Waals surface area (Å²) in [5.41, 5.74) is 8.72. The molecule has 2 aromatic rings. The smallest absolute Gasteiger partial charge is 0.131 e. The summed E-state index contributed by atoms with van der Waals surface area (Å²) in [6, 6.07) is 16.7. The average molecular weight is 305 g/mol. The summed E-state index contributed by atoms with van der Waals surface area (Å²) in [6.07, 6.45) is 2.08. The Kier molecular flexibility index (Phi) is 3.60. The van der Waals surface area contributed by atoms with Crippen molar-refractivity contribution in [3.63, 3.8) is 0 Å². The van der Waals surface area contributed by atoms with Gasteiger partial charge in [-0.1, -0.05) is 48.5 Å². The Morgan fingerprint density at radius 3 is 2.57 bits per heavy atom. The van der Waals surface area contributed by atoms with E-state index < -0.39 is 0 Å². The molecule has 4 heteroatoms. The molecule has 2 aliphatic rings. The summed E-state index contributed by atoms with van der Waals surface area (Å²) in [5.74, 6) is 0.985. The van der Waals surface area contributed by atoms with E-state index in [0.717, 1.165) is 35.7 Å². The molecule has 0 bridgehead atoms. The lowest BCUT2D eigenvalue weighted by atomic mass is 10.0. The minimum absolute atomic E-state index is 0.0493. The Morgan fingerprint density at radius 1 is 1.04 bits per heavy atom. The van der Waals surface area contributed by atoms with Crippen molar-refractivity contribution in [1.29, 1.82) is 0 Å². The molecule has 4 nitrogen and oxygen atoms in total. The number of aryl methyl sites for hydroxylation is 1. The average Bonchev–Trinajstić information content (AvgIpc) is 3.27. The number of hydroxylamine groups is 1. The number of aliphatic imine (C=N–C) groups is 1. The third-order valence-electron chi connectivity index (χ3n) is 4.25. The summed E-state index contributed by atoms with van der Waals surface area (Å²) < 4.78 is 0. The third kappa shape index (κ3) is 2.73. The number of benzene rings is 2. The highest BCUT2D eigenvalue weighted by atomic mass is 16.7. The zero-order chi connectivity index (χ0) is 15.6. The van der Waals surface area contributed by atoms with Crippen LogP contribution in [0.25, 0.3) is 5.70 Å². The molecule has 0 aromatic heterocycles. The van der Waals surface area contributed by atoms with Crippen LogP contribution >= 0.6 is 0 Å². The first-order valence-electron chi connectivity index (χ1n) is 7.89. The Bertz CT molecular complexity index is 777. The van der Waals surface area contributed by atoms with Gasteiger partial charge in [0, 0.05) is 12.1 Å². The van der Waals surface area contributed by atoms with E-state index in [2.05, 4.69) is 65.2 Å². The highest BCUT2D eigenvalue weighted by molar-refractivity contribution is 5.99. The Morgan fingerprint density at radius 2 is 1.83 bits per heavy atom. The van der Waals surface area contributed by atoms with Crippen molar-refractivity contribution in [2.24, 2.45) is 4.99 Å². The molecule has 1 atom stereocenters. The minimum Gasteiger partial charge on any atom is -0.368 e. The van der Waals surface area contributed by atoms with Gasteiger partial charge in [0.2, 0.25) is 0 Å². The number of nitrogens with zero attached hydrogens (tertiary/aromatic N) is 1. The van der Waals surface area contributed by atoms with Crippen LogP contribution in [0.5, 0.6) is 0 Å². The van der Waals surface area contributed by atoms with Crippen LogP contribution in [0.2, 0.25) is 0 Å². The maximum Gasteiger partial charge on any atom is 0.131 e. The van der Waals surface area contributed by atoms with Gasteiger partial charge in [-0.3, -0.25) is 15.3 Å². The van der Waals surface area contributed by atoms with Crippen molar-refractivity contribution in [1.82, 2.24) is 10.8 Å². The molecule has 116 valence electrons. The molecular weight excluding hydrogens is 286 g/mol. The molecule has 0 saturated heterocycles. The highest BCUT2D eigenvalue weighted by Gasteiger charge is 2.20. The van der Waals surface area contributed by atoms with Crippen LogP contribution in [-0.4, -0.2) is 18.9 Å². The van der Waals surface area contributed by atoms with E-state index in [0.29, 0.717) is 0 Å². The predicted molar refractivity (Wildman–Crippen MR) is 92.0 cm³/mol. The van der Waals surface area contributed by atoms with Crippen molar-refractivity contribution in [3.05, 3.63) is 76.9 Å². The summed E-state index contributed by atoms with van der Waals surface area (Å²) in [5, 5.41) is 3.29. The molecule has 0 fully saturated rings. The summed E-state index contributed by atoms with van der Waals surface area (Å²) in [6.45, 7) is 3.89. The van der Waals surface area contributed by atoms with Gasteiger partial charge in [0.1, 0.15) is 11.9 Å². The van der Waals surface area contributed by atoms with Crippen LogP contribution < -0.4 is 10.8 Å². The lowest BCUT2D eigenvalue weighted by molar-refractivity contribution is 0.0507. The molecule has 2 aliphatic heterocycles. The standard InChI is InChI=1S/C19H19N3O/c1-13-4-2-3-5-16(13)18-12-17(22-23-18)14-6-8-15(9-7-14)19-20-10-11-21-19/h2-9,12,18,22H,10-11H2,1H3,(H,20,21). The second-order valence-corrected chi connectivity index (χ2v) is 5.81. The van der Waals surface area contributed by atoms with Gasteiger partial charge in [0.05, 0.1) is 12.2 Å². The van der Waals surface area contributed by atoms with Crippen LogP contribution in [0, 0.1) is 6.92 Å². The van der Waals surface area contributed by atoms with Crippen LogP contribution in [0.3, 0.4) is 0 Å². The highest BCUT2D eigenvalue weighted by Crippen LogP contribution is 2.30. The SMILES string of the molecule is Cc1ccccc1C1C=C(c2ccc(C3=NCCN3)cc2)NO1. The summed E-state index contributed by atoms with van der Waals surface area (Å²) in [4.78, 5) is 10.2. The van der Waals surface area contributed by atoms with Crippen molar-refractivity contribution in [2.75, 3.05) is 13.1 Å². The molecule has 0 radical (unpaired) electrons. The van der Waals surface area contributed by atoms with E-state index in [1.54, 1.807) is 0 Å². The largest absolute Gasteiger partial charge is 0.368 e. The summed E-state index contributed by atoms with van der Waals surface area (Å²) >= 11 is 0. The first kappa shape index (κ1) is 14.0. The Balaban J connectivity index is 1.56. The van der Waals surface area contributed by atoms with Gasteiger partial charge in [0.25, 0.3) is 0 Å². The van der Waals surface area contributed by atoms with Gasteiger partial charge < -0.3 is 5.32 Å². The lowest BCUT2D eigenvalue weighted by Crippen LogP contribution is -2.19. The molecule has 0 aliphatic carbocycles. The van der Waals surface area contributed by atoms with Crippen LogP contribution in [-0.2, 0) is 4.84 Å². The quantitative estimate of drug-likeness (QED) is 0.916. The zero-order valence-electron chi connectivity index (χ0n) is 13.0. The van der Waals surface area contributed by atoms with Crippen molar-refractivity contribution in [3.8, 4) is 0 Å². The Hall–Kier alpha value is -2.59. The first-order chi connectivity index (χ1) is 11.3. The number of amidine groups is 1. The zero-order valence-corrected chi connectivity index (χ0v) is 13.0. The maximum absolute atomic E-state index is 5.74. The first-order valence-corrected chi connectivity index (χ1v) is 7.89. The molecule has 0 amide bonds. The molecule has 2 heterocycles. The van der Waals surface area contributed by atoms with E-state index >= 15 is 0 Å². The van der Waals surface area contributed by atoms with E-state index in [1.807, 2.05) is 12.1 Å². The minimum atomic E-state index is -0.0493. The van der Waals surface area contributed by atoms with Crippen molar-refractivity contribution < 1.29 is 4.84 Å². The number of rotatable bonds is 3. The summed E-state index contributed by atoms with van der Waals surface area (Å²) in [7, 11) is 0. The number of nitrogens with one attached hydrogen (secondary N) is 2. The van der Waals surface area contributed by atoms with E-state index in [4.69, 9.17) is 4.84 Å². The monoisotopic (exact) mass is 305 g/mol.